The van der Waals surface area contributed by atoms with E-state index in [1.54, 1.807) is 53.9 Å². The fourth-order valence-corrected chi connectivity index (χ4v) is 4.92. The van der Waals surface area contributed by atoms with E-state index in [2.05, 4.69) is 0 Å². The number of methoxy groups -OCH3 is 1. The van der Waals surface area contributed by atoms with Crippen LogP contribution in [0.25, 0.3) is 0 Å². The molecule has 0 radical (unpaired) electrons. The molecule has 206 valence electrons. The molecule has 0 aromatic heterocycles. The number of hydrogen-bond donors (Lipinski definition) is 0. The van der Waals surface area contributed by atoms with Gasteiger partial charge in [-0.15, -0.1) is 11.6 Å². The molecule has 0 aliphatic carbocycles. The number of alkyl halides is 1. The van der Waals surface area contributed by atoms with E-state index in [4.69, 9.17) is 30.5 Å². The second-order valence-corrected chi connectivity index (χ2v) is 12.0. The highest BCUT2D eigenvalue weighted by Gasteiger charge is 2.51. The van der Waals surface area contributed by atoms with Crippen LogP contribution in [-0.2, 0) is 34.2 Å². The molecule has 1 saturated heterocycles. The standard InChI is InChI=1S/C30H37ClO7/c1-8-30(31,18-27(2,3)25(33)37-23-24(32)36-19-28(23,4)5)26(34)38-29(6,20-12-10-9-11-13-20)21-14-16-22(35-7)17-15-21/h9-17,23H,8,18-19H2,1-7H3. The van der Waals surface area contributed by atoms with E-state index in [9.17, 15) is 14.4 Å². The molecule has 7 nitrogen and oxygen atoms in total. The van der Waals surface area contributed by atoms with Crippen LogP contribution in [0.15, 0.2) is 54.6 Å². The van der Waals surface area contributed by atoms with Gasteiger partial charge in [-0.1, -0.05) is 63.2 Å². The largest absolute Gasteiger partial charge is 0.497 e. The number of cyclic esters (lactones) is 1. The molecular formula is C30H37ClO7. The average Bonchev–Trinajstić information content (AvgIpc) is 3.15. The zero-order chi connectivity index (χ0) is 28.4. The first kappa shape index (κ1) is 29.5. The smallest absolute Gasteiger partial charge is 0.348 e. The average molecular weight is 545 g/mol. The third kappa shape index (κ3) is 5.98. The summed E-state index contributed by atoms with van der Waals surface area (Å²) in [4.78, 5) is 37.6. The van der Waals surface area contributed by atoms with Crippen LogP contribution in [0.4, 0.5) is 0 Å². The van der Waals surface area contributed by atoms with Gasteiger partial charge in [-0.2, -0.15) is 0 Å². The summed E-state index contributed by atoms with van der Waals surface area (Å²) < 4.78 is 22.2. The quantitative estimate of drug-likeness (QED) is 0.212. The van der Waals surface area contributed by atoms with Crippen molar-refractivity contribution in [2.75, 3.05) is 13.7 Å². The highest BCUT2D eigenvalue weighted by Crippen LogP contribution is 2.42. The van der Waals surface area contributed by atoms with Gasteiger partial charge < -0.3 is 18.9 Å². The van der Waals surface area contributed by atoms with Gasteiger partial charge in [0, 0.05) is 11.0 Å². The Morgan fingerprint density at radius 3 is 2.08 bits per heavy atom. The fraction of sp³-hybridized carbons (Fsp3) is 0.500. The second-order valence-electron chi connectivity index (χ2n) is 11.3. The number of esters is 3. The molecule has 8 heteroatoms. The summed E-state index contributed by atoms with van der Waals surface area (Å²) in [6.45, 7) is 10.6. The minimum atomic E-state index is -1.53. The molecule has 3 atom stereocenters. The molecule has 3 rings (SSSR count). The Morgan fingerprint density at radius 1 is 1.00 bits per heavy atom. The summed E-state index contributed by atoms with van der Waals surface area (Å²) in [5.41, 5.74) is -1.52. The Labute approximate surface area is 229 Å². The normalized spacial score (nSPS) is 20.0. The van der Waals surface area contributed by atoms with E-state index in [0.717, 1.165) is 11.1 Å². The molecule has 0 saturated carbocycles. The topological polar surface area (TPSA) is 88.1 Å². The molecule has 38 heavy (non-hydrogen) atoms. The van der Waals surface area contributed by atoms with Crippen LogP contribution < -0.4 is 4.74 Å². The number of carbonyl (C=O) groups is 3. The summed E-state index contributed by atoms with van der Waals surface area (Å²) in [5.74, 6) is -1.21. The van der Waals surface area contributed by atoms with Crippen LogP contribution in [-0.4, -0.2) is 42.6 Å². The Hall–Kier alpha value is -3.06. The third-order valence-corrected chi connectivity index (χ3v) is 7.75. The molecular weight excluding hydrogens is 508 g/mol. The Kier molecular flexibility index (Phi) is 8.51. The molecule has 2 aromatic rings. The van der Waals surface area contributed by atoms with E-state index in [1.165, 1.54) is 0 Å². The maximum absolute atomic E-state index is 13.8. The van der Waals surface area contributed by atoms with Gasteiger partial charge in [0.05, 0.1) is 12.5 Å². The van der Waals surface area contributed by atoms with Crippen molar-refractivity contribution in [1.82, 2.24) is 0 Å². The van der Waals surface area contributed by atoms with Gasteiger partial charge in [-0.05, 0) is 51.3 Å². The highest BCUT2D eigenvalue weighted by atomic mass is 35.5. The number of carbonyl (C=O) groups excluding carboxylic acids is 3. The van der Waals surface area contributed by atoms with Crippen LogP contribution in [0.5, 0.6) is 5.75 Å². The van der Waals surface area contributed by atoms with Crippen molar-refractivity contribution in [3.8, 4) is 5.75 Å². The van der Waals surface area contributed by atoms with Crippen molar-refractivity contribution in [3.63, 3.8) is 0 Å². The van der Waals surface area contributed by atoms with E-state index in [0.29, 0.717) is 5.75 Å². The SMILES string of the molecule is CCC(Cl)(CC(C)(C)C(=O)OC1C(=O)OCC1(C)C)C(=O)OC(C)(c1ccccc1)c1ccc(OC)cc1. The van der Waals surface area contributed by atoms with Crippen molar-refractivity contribution in [2.45, 2.75) is 71.0 Å². The zero-order valence-electron chi connectivity index (χ0n) is 23.1. The molecule has 1 fully saturated rings. The van der Waals surface area contributed by atoms with Crippen LogP contribution in [0.1, 0.15) is 65.5 Å². The second kappa shape index (κ2) is 11.0. The molecule has 0 N–H and O–H groups in total. The Bertz CT molecular complexity index is 1160. The zero-order valence-corrected chi connectivity index (χ0v) is 23.9. The lowest BCUT2D eigenvalue weighted by molar-refractivity contribution is -0.172. The van der Waals surface area contributed by atoms with Crippen molar-refractivity contribution in [3.05, 3.63) is 65.7 Å². The van der Waals surface area contributed by atoms with Crippen molar-refractivity contribution in [2.24, 2.45) is 10.8 Å². The first-order chi connectivity index (χ1) is 17.7. The summed E-state index contributed by atoms with van der Waals surface area (Å²) in [6, 6.07) is 16.6. The lowest BCUT2D eigenvalue weighted by atomic mass is 9.80. The minimum Gasteiger partial charge on any atom is -0.497 e. The van der Waals surface area contributed by atoms with E-state index < -0.39 is 45.3 Å². The first-order valence-electron chi connectivity index (χ1n) is 12.7. The summed E-state index contributed by atoms with van der Waals surface area (Å²) in [5, 5.41) is 0. The molecule has 2 aromatic carbocycles. The van der Waals surface area contributed by atoms with E-state index in [-0.39, 0.29) is 19.4 Å². The van der Waals surface area contributed by atoms with Crippen LogP contribution in [0.3, 0.4) is 0 Å². The van der Waals surface area contributed by atoms with Gasteiger partial charge in [-0.3, -0.25) is 9.59 Å². The van der Waals surface area contributed by atoms with Crippen molar-refractivity contribution in [1.29, 1.82) is 0 Å². The van der Waals surface area contributed by atoms with Crippen molar-refractivity contribution >= 4 is 29.5 Å². The van der Waals surface area contributed by atoms with Gasteiger partial charge >= 0.3 is 17.9 Å². The van der Waals surface area contributed by atoms with Gasteiger partial charge in [0.2, 0.25) is 6.10 Å². The predicted molar refractivity (Wildman–Crippen MR) is 144 cm³/mol. The summed E-state index contributed by atoms with van der Waals surface area (Å²) in [7, 11) is 1.58. The number of halogens is 1. The maximum Gasteiger partial charge on any atom is 0.348 e. The fourth-order valence-electron chi connectivity index (χ4n) is 4.54. The first-order valence-corrected chi connectivity index (χ1v) is 13.1. The Morgan fingerprint density at radius 2 is 1.58 bits per heavy atom. The third-order valence-electron chi connectivity index (χ3n) is 7.20. The van der Waals surface area contributed by atoms with Crippen LogP contribution in [0.2, 0.25) is 0 Å². The monoisotopic (exact) mass is 544 g/mol. The molecule has 3 unspecified atom stereocenters. The maximum atomic E-state index is 13.8. The van der Waals surface area contributed by atoms with E-state index >= 15 is 0 Å². The Balaban J connectivity index is 1.87. The van der Waals surface area contributed by atoms with Gasteiger partial charge in [-0.25, -0.2) is 4.79 Å². The molecule has 1 aliphatic heterocycles. The predicted octanol–water partition coefficient (Wildman–Crippen LogP) is 5.80. The van der Waals surface area contributed by atoms with Crippen LogP contribution >= 0.6 is 11.6 Å². The number of ether oxygens (including phenoxy) is 4. The van der Waals surface area contributed by atoms with E-state index in [1.807, 2.05) is 49.4 Å². The van der Waals surface area contributed by atoms with Gasteiger partial charge in [0.1, 0.15) is 17.2 Å². The summed E-state index contributed by atoms with van der Waals surface area (Å²) >= 11 is 6.94. The molecule has 0 spiro atoms. The van der Waals surface area contributed by atoms with Gasteiger partial charge in [0.25, 0.3) is 0 Å². The minimum absolute atomic E-state index is 0.0641. The number of benzene rings is 2. The van der Waals surface area contributed by atoms with Gasteiger partial charge in [0.15, 0.2) is 5.60 Å². The lowest BCUT2D eigenvalue weighted by Crippen LogP contribution is -2.46. The van der Waals surface area contributed by atoms with Crippen LogP contribution in [0, 0.1) is 10.8 Å². The highest BCUT2D eigenvalue weighted by molar-refractivity contribution is 6.34. The molecule has 1 aliphatic rings. The molecule has 1 heterocycles. The molecule has 0 bridgehead atoms. The number of rotatable bonds is 10. The summed E-state index contributed by atoms with van der Waals surface area (Å²) in [6.07, 6.45) is -0.885. The molecule has 0 amide bonds. The number of hydrogen-bond acceptors (Lipinski definition) is 7. The lowest BCUT2D eigenvalue weighted by Gasteiger charge is -2.37. The van der Waals surface area contributed by atoms with Crippen molar-refractivity contribution < 1.29 is 33.3 Å².